The highest BCUT2D eigenvalue weighted by molar-refractivity contribution is 7.99. The van der Waals surface area contributed by atoms with E-state index in [-0.39, 0.29) is 11.2 Å². The van der Waals surface area contributed by atoms with Gasteiger partial charge in [0.25, 0.3) is 0 Å². The molecule has 0 bridgehead atoms. The van der Waals surface area contributed by atoms with Crippen LogP contribution in [0.3, 0.4) is 0 Å². The largest absolute Gasteiger partial charge is 0.497 e. The van der Waals surface area contributed by atoms with Crippen LogP contribution in [0.1, 0.15) is 12.0 Å². The molecule has 1 aromatic carbocycles. The average Bonchev–Trinajstić information content (AvgIpc) is 3.10. The lowest BCUT2D eigenvalue weighted by atomic mass is 10.1. The van der Waals surface area contributed by atoms with Crippen molar-refractivity contribution in [1.82, 2.24) is 25.3 Å². The van der Waals surface area contributed by atoms with Crippen molar-refractivity contribution in [3.05, 3.63) is 41.4 Å². The van der Waals surface area contributed by atoms with Crippen molar-refractivity contribution in [1.29, 1.82) is 0 Å². The Balaban J connectivity index is 1.41. The summed E-state index contributed by atoms with van der Waals surface area (Å²) in [5, 5.41) is 3.77. The van der Waals surface area contributed by atoms with Gasteiger partial charge < -0.3 is 15.0 Å². The fraction of sp³-hybridized carbons (Fsp3) is 0.294. The van der Waals surface area contributed by atoms with Gasteiger partial charge in [-0.1, -0.05) is 12.1 Å². The van der Waals surface area contributed by atoms with Crippen LogP contribution < -0.4 is 10.1 Å². The molecule has 136 valence electrons. The van der Waals surface area contributed by atoms with E-state index in [0.717, 1.165) is 23.3 Å². The number of carbonyl (C=O) groups is 1. The summed E-state index contributed by atoms with van der Waals surface area (Å²) in [7, 11) is 1.64. The molecule has 9 heteroatoms. The molecule has 0 atom stereocenters. The molecule has 0 saturated heterocycles. The maximum atomic E-state index is 12.0. The molecule has 0 aliphatic carbocycles. The number of hydrogen-bond donors (Lipinski definition) is 2. The average molecular weight is 392 g/mol. The first-order valence-electron chi connectivity index (χ1n) is 8.05. The molecule has 7 nitrogen and oxygen atoms in total. The molecular formula is C17H18ClN5O2S. The lowest BCUT2D eigenvalue weighted by molar-refractivity contribution is -0.120. The van der Waals surface area contributed by atoms with Crippen LogP contribution in [-0.4, -0.2) is 45.3 Å². The van der Waals surface area contributed by atoms with E-state index in [1.165, 1.54) is 11.8 Å². The Labute approximate surface area is 159 Å². The predicted octanol–water partition coefficient (Wildman–Crippen LogP) is 2.86. The number of aromatic amines is 1. The number of hydrogen-bond acceptors (Lipinski definition) is 6. The summed E-state index contributed by atoms with van der Waals surface area (Å²) >= 11 is 7.34. The van der Waals surface area contributed by atoms with E-state index in [1.807, 2.05) is 24.3 Å². The van der Waals surface area contributed by atoms with Crippen molar-refractivity contribution in [2.45, 2.75) is 17.9 Å². The second-order valence-electron chi connectivity index (χ2n) is 5.45. The molecule has 0 aliphatic rings. The molecule has 2 N–H and O–H groups in total. The van der Waals surface area contributed by atoms with E-state index in [0.29, 0.717) is 29.4 Å². The minimum atomic E-state index is 0.00650. The fourth-order valence-electron chi connectivity index (χ4n) is 2.35. The number of benzene rings is 1. The van der Waals surface area contributed by atoms with Gasteiger partial charge in [-0.05, 0) is 35.7 Å². The Morgan fingerprint density at radius 3 is 2.88 bits per heavy atom. The van der Waals surface area contributed by atoms with Crippen LogP contribution in [0.25, 0.3) is 11.2 Å². The topological polar surface area (TPSA) is 92.8 Å². The number of imidazole rings is 1. The minimum absolute atomic E-state index is 0.00650. The maximum absolute atomic E-state index is 12.0. The van der Waals surface area contributed by atoms with E-state index >= 15 is 0 Å². The molecular weight excluding hydrogens is 374 g/mol. The number of H-pyrrole nitrogens is 1. The highest BCUT2D eigenvalue weighted by Crippen LogP contribution is 2.24. The Bertz CT molecular complexity index is 884. The SMILES string of the molecule is COc1ccc(CCNC(=O)CCSc2nc(Cl)nc3nc[nH]c23)cc1. The number of methoxy groups -OCH3 is 1. The number of thioether (sulfide) groups is 1. The number of ether oxygens (including phenoxy) is 1. The van der Waals surface area contributed by atoms with Gasteiger partial charge in [-0.3, -0.25) is 4.79 Å². The molecule has 2 aromatic heterocycles. The van der Waals surface area contributed by atoms with E-state index in [1.54, 1.807) is 13.4 Å². The smallest absolute Gasteiger partial charge is 0.225 e. The Morgan fingerprint density at radius 2 is 2.12 bits per heavy atom. The van der Waals surface area contributed by atoms with Gasteiger partial charge >= 0.3 is 0 Å². The summed E-state index contributed by atoms with van der Waals surface area (Å²) in [5.74, 6) is 1.42. The molecule has 0 fully saturated rings. The molecule has 0 saturated carbocycles. The zero-order valence-corrected chi connectivity index (χ0v) is 15.7. The number of carbonyl (C=O) groups excluding carboxylic acids is 1. The summed E-state index contributed by atoms with van der Waals surface area (Å²) in [6.45, 7) is 0.597. The lowest BCUT2D eigenvalue weighted by Gasteiger charge is -2.06. The predicted molar refractivity (Wildman–Crippen MR) is 102 cm³/mol. The molecule has 1 amide bonds. The van der Waals surface area contributed by atoms with E-state index in [2.05, 4.69) is 25.3 Å². The quantitative estimate of drug-likeness (QED) is 0.348. The first-order valence-corrected chi connectivity index (χ1v) is 9.41. The van der Waals surface area contributed by atoms with Gasteiger partial charge in [-0.25, -0.2) is 9.97 Å². The van der Waals surface area contributed by atoms with Crippen molar-refractivity contribution < 1.29 is 9.53 Å². The van der Waals surface area contributed by atoms with Crippen LogP contribution in [0.4, 0.5) is 0 Å². The summed E-state index contributed by atoms with van der Waals surface area (Å²) in [5.41, 5.74) is 2.41. The third-order valence-electron chi connectivity index (χ3n) is 3.69. The highest BCUT2D eigenvalue weighted by atomic mass is 35.5. The first kappa shape index (κ1) is 18.5. The number of amides is 1. The monoisotopic (exact) mass is 391 g/mol. The van der Waals surface area contributed by atoms with Crippen molar-refractivity contribution in [3.63, 3.8) is 0 Å². The fourth-order valence-corrected chi connectivity index (χ4v) is 3.49. The summed E-state index contributed by atoms with van der Waals surface area (Å²) in [6, 6.07) is 7.82. The van der Waals surface area contributed by atoms with Crippen LogP contribution >= 0.6 is 23.4 Å². The minimum Gasteiger partial charge on any atom is -0.497 e. The zero-order chi connectivity index (χ0) is 18.4. The summed E-state index contributed by atoms with van der Waals surface area (Å²) < 4.78 is 5.13. The van der Waals surface area contributed by atoms with Gasteiger partial charge in [0.1, 0.15) is 16.3 Å². The number of nitrogens with one attached hydrogen (secondary N) is 2. The number of rotatable bonds is 8. The molecule has 0 radical (unpaired) electrons. The molecule has 2 heterocycles. The number of halogens is 1. The van der Waals surface area contributed by atoms with Crippen molar-refractivity contribution >= 4 is 40.4 Å². The molecule has 3 aromatic rings. The van der Waals surface area contributed by atoms with E-state index < -0.39 is 0 Å². The third kappa shape index (κ3) is 4.86. The Hall–Kier alpha value is -2.32. The van der Waals surface area contributed by atoms with Gasteiger partial charge in [-0.2, -0.15) is 4.98 Å². The second-order valence-corrected chi connectivity index (χ2v) is 6.87. The standard InChI is InChI=1S/C17H18ClN5O2S/c1-25-12-4-2-11(3-5-12)6-8-19-13(24)7-9-26-16-14-15(21-10-20-14)22-17(18)23-16/h2-5,10H,6-9H2,1H3,(H,19,24)(H,20,21,22,23). The molecule has 3 rings (SSSR count). The lowest BCUT2D eigenvalue weighted by Crippen LogP contribution is -2.25. The normalized spacial score (nSPS) is 10.8. The van der Waals surface area contributed by atoms with Crippen molar-refractivity contribution in [2.75, 3.05) is 19.4 Å². The third-order valence-corrected chi connectivity index (χ3v) is 4.83. The van der Waals surface area contributed by atoms with Crippen LogP contribution in [0.2, 0.25) is 5.28 Å². The molecule has 0 unspecified atom stereocenters. The molecule has 26 heavy (non-hydrogen) atoms. The van der Waals surface area contributed by atoms with Crippen LogP contribution in [-0.2, 0) is 11.2 Å². The van der Waals surface area contributed by atoms with Gasteiger partial charge in [0.2, 0.25) is 11.2 Å². The molecule has 0 spiro atoms. The Kier molecular flexibility index (Phi) is 6.30. The van der Waals surface area contributed by atoms with Crippen LogP contribution in [0.15, 0.2) is 35.6 Å². The van der Waals surface area contributed by atoms with Crippen LogP contribution in [0.5, 0.6) is 5.75 Å². The first-order chi connectivity index (χ1) is 12.7. The van der Waals surface area contributed by atoms with E-state index in [4.69, 9.17) is 16.3 Å². The van der Waals surface area contributed by atoms with Gasteiger partial charge in [0, 0.05) is 18.7 Å². The van der Waals surface area contributed by atoms with Gasteiger partial charge in [0.05, 0.1) is 13.4 Å². The summed E-state index contributed by atoms with van der Waals surface area (Å²) in [4.78, 5) is 27.3. The van der Waals surface area contributed by atoms with Gasteiger partial charge in [-0.15, -0.1) is 11.8 Å². The van der Waals surface area contributed by atoms with Gasteiger partial charge in [0.15, 0.2) is 5.65 Å². The number of nitrogens with zero attached hydrogens (tertiary/aromatic N) is 3. The Morgan fingerprint density at radius 1 is 1.31 bits per heavy atom. The van der Waals surface area contributed by atoms with E-state index in [9.17, 15) is 4.79 Å². The highest BCUT2D eigenvalue weighted by Gasteiger charge is 2.10. The maximum Gasteiger partial charge on any atom is 0.225 e. The van der Waals surface area contributed by atoms with Crippen molar-refractivity contribution in [3.8, 4) is 5.75 Å². The number of aromatic nitrogens is 4. The van der Waals surface area contributed by atoms with Crippen LogP contribution in [0, 0.1) is 0 Å². The second kappa shape index (κ2) is 8.86. The zero-order valence-electron chi connectivity index (χ0n) is 14.2. The molecule has 0 aliphatic heterocycles. The number of fused-ring (bicyclic) bond motifs is 1. The van der Waals surface area contributed by atoms with Crippen molar-refractivity contribution in [2.24, 2.45) is 0 Å². The summed E-state index contributed by atoms with van der Waals surface area (Å²) in [6.07, 6.45) is 2.72.